The molecule has 2 N–H and O–H groups in total. The molecule has 0 aliphatic heterocycles. The normalized spacial score (nSPS) is 10.8. The third-order valence-electron chi connectivity index (χ3n) is 4.53. The number of nitrogens with zero attached hydrogens (tertiary/aromatic N) is 4. The van der Waals surface area contributed by atoms with Gasteiger partial charge in [0.25, 0.3) is 5.91 Å². The number of amides is 1. The van der Waals surface area contributed by atoms with Gasteiger partial charge in [0.2, 0.25) is 0 Å². The second-order valence-electron chi connectivity index (χ2n) is 6.61. The standard InChI is InChI=1S/C21H26N6O4S/c1-4-32-21-25-17(22-10-12-30-2)16-13-24-27(18(16)26-21)11-9-23-19(28)14-7-5-6-8-15(14)20(29)31-3/h5-8,13H,4,9-12H2,1-3H3,(H,23,28)(H,22,25,26). The number of thioether (sulfide) groups is 1. The minimum Gasteiger partial charge on any atom is -0.465 e. The number of carbonyl (C=O) groups excluding carboxylic acids is 2. The minimum absolute atomic E-state index is 0.220. The Kier molecular flexibility index (Phi) is 8.40. The van der Waals surface area contributed by atoms with Crippen molar-refractivity contribution in [2.75, 3.05) is 45.0 Å². The number of nitrogens with one attached hydrogen (secondary N) is 2. The fourth-order valence-electron chi connectivity index (χ4n) is 3.04. The van der Waals surface area contributed by atoms with Crippen molar-refractivity contribution in [3.63, 3.8) is 0 Å². The first-order chi connectivity index (χ1) is 15.6. The molecule has 0 saturated heterocycles. The van der Waals surface area contributed by atoms with Crippen LogP contribution in [0.1, 0.15) is 27.6 Å². The zero-order valence-corrected chi connectivity index (χ0v) is 19.1. The van der Waals surface area contributed by atoms with Crippen molar-refractivity contribution >= 4 is 40.5 Å². The Morgan fingerprint density at radius 2 is 1.91 bits per heavy atom. The van der Waals surface area contributed by atoms with Gasteiger partial charge in [-0.15, -0.1) is 0 Å². The number of fused-ring (bicyclic) bond motifs is 1. The quantitative estimate of drug-likeness (QED) is 0.193. The van der Waals surface area contributed by atoms with Crippen LogP contribution in [0, 0.1) is 0 Å². The summed E-state index contributed by atoms with van der Waals surface area (Å²) in [6, 6.07) is 6.53. The summed E-state index contributed by atoms with van der Waals surface area (Å²) in [6.07, 6.45) is 1.71. The SMILES string of the molecule is CCSc1nc(NCCOC)c2cnn(CCNC(=O)c3ccccc3C(=O)OC)c2n1. The summed E-state index contributed by atoms with van der Waals surface area (Å²) in [4.78, 5) is 33.7. The lowest BCUT2D eigenvalue weighted by Crippen LogP contribution is -2.29. The molecule has 1 aromatic carbocycles. The Balaban J connectivity index is 1.74. The van der Waals surface area contributed by atoms with Gasteiger partial charge in [-0.3, -0.25) is 4.79 Å². The molecule has 32 heavy (non-hydrogen) atoms. The van der Waals surface area contributed by atoms with E-state index in [0.29, 0.717) is 42.9 Å². The molecule has 11 heteroatoms. The van der Waals surface area contributed by atoms with Crippen LogP contribution in [0.5, 0.6) is 0 Å². The van der Waals surface area contributed by atoms with Crippen LogP contribution in [0.4, 0.5) is 5.82 Å². The molecule has 2 aromatic heterocycles. The zero-order chi connectivity index (χ0) is 22.9. The Labute approximate surface area is 190 Å². The van der Waals surface area contributed by atoms with Gasteiger partial charge in [0.15, 0.2) is 10.8 Å². The predicted octanol–water partition coefficient (Wildman–Crippen LogP) is 2.21. The molecule has 0 radical (unpaired) electrons. The van der Waals surface area contributed by atoms with Crippen molar-refractivity contribution in [3.8, 4) is 0 Å². The van der Waals surface area contributed by atoms with Crippen molar-refractivity contribution in [3.05, 3.63) is 41.6 Å². The van der Waals surface area contributed by atoms with Crippen LogP contribution in [-0.4, -0.2) is 71.3 Å². The summed E-state index contributed by atoms with van der Waals surface area (Å²) in [5.41, 5.74) is 1.16. The van der Waals surface area contributed by atoms with Crippen molar-refractivity contribution in [2.45, 2.75) is 18.6 Å². The molecule has 170 valence electrons. The van der Waals surface area contributed by atoms with E-state index >= 15 is 0 Å². The molecular formula is C21H26N6O4S. The van der Waals surface area contributed by atoms with E-state index in [1.807, 2.05) is 6.92 Å². The number of esters is 1. The highest BCUT2D eigenvalue weighted by Gasteiger charge is 2.17. The molecular weight excluding hydrogens is 432 g/mol. The van der Waals surface area contributed by atoms with E-state index in [9.17, 15) is 9.59 Å². The van der Waals surface area contributed by atoms with Crippen LogP contribution >= 0.6 is 11.8 Å². The van der Waals surface area contributed by atoms with Gasteiger partial charge in [-0.25, -0.2) is 19.4 Å². The van der Waals surface area contributed by atoms with Gasteiger partial charge >= 0.3 is 5.97 Å². The monoisotopic (exact) mass is 458 g/mol. The van der Waals surface area contributed by atoms with Crippen LogP contribution in [0.3, 0.4) is 0 Å². The Hall–Kier alpha value is -3.18. The summed E-state index contributed by atoms with van der Waals surface area (Å²) in [6.45, 7) is 3.90. The molecule has 0 atom stereocenters. The maximum absolute atomic E-state index is 12.6. The van der Waals surface area contributed by atoms with E-state index in [0.717, 1.165) is 11.1 Å². The fraction of sp³-hybridized carbons (Fsp3) is 0.381. The van der Waals surface area contributed by atoms with Crippen molar-refractivity contribution in [2.24, 2.45) is 0 Å². The number of hydrogen-bond acceptors (Lipinski definition) is 9. The Morgan fingerprint density at radius 3 is 2.62 bits per heavy atom. The molecule has 3 rings (SSSR count). The molecule has 1 amide bonds. The van der Waals surface area contributed by atoms with E-state index in [1.54, 1.807) is 42.3 Å². The van der Waals surface area contributed by atoms with Gasteiger partial charge in [-0.05, 0) is 17.9 Å². The average Bonchev–Trinajstić information content (AvgIpc) is 3.22. The first-order valence-corrected chi connectivity index (χ1v) is 11.1. The number of benzene rings is 1. The molecule has 0 saturated carbocycles. The maximum Gasteiger partial charge on any atom is 0.338 e. The van der Waals surface area contributed by atoms with Gasteiger partial charge in [0.1, 0.15) is 5.82 Å². The second-order valence-corrected chi connectivity index (χ2v) is 7.84. The van der Waals surface area contributed by atoms with Gasteiger partial charge in [-0.2, -0.15) is 5.10 Å². The molecule has 10 nitrogen and oxygen atoms in total. The first-order valence-electron chi connectivity index (χ1n) is 10.1. The van der Waals surface area contributed by atoms with Gasteiger partial charge in [0.05, 0.1) is 43.0 Å². The van der Waals surface area contributed by atoms with Crippen LogP contribution in [0.25, 0.3) is 11.0 Å². The molecule has 0 aliphatic rings. The average molecular weight is 459 g/mol. The lowest BCUT2D eigenvalue weighted by Gasteiger charge is -2.10. The summed E-state index contributed by atoms with van der Waals surface area (Å²) in [5, 5.41) is 12.0. The number of ether oxygens (including phenoxy) is 2. The second kappa shape index (κ2) is 11.4. The van der Waals surface area contributed by atoms with Crippen molar-refractivity contribution < 1.29 is 19.1 Å². The van der Waals surface area contributed by atoms with Gasteiger partial charge < -0.3 is 20.1 Å². The topological polar surface area (TPSA) is 120 Å². The number of hydrogen-bond donors (Lipinski definition) is 2. The van der Waals surface area contributed by atoms with Crippen LogP contribution in [-0.2, 0) is 16.0 Å². The predicted molar refractivity (Wildman–Crippen MR) is 122 cm³/mol. The van der Waals surface area contributed by atoms with E-state index in [2.05, 4.69) is 25.7 Å². The summed E-state index contributed by atoms with van der Waals surface area (Å²) >= 11 is 1.54. The molecule has 2 heterocycles. The van der Waals surface area contributed by atoms with Gasteiger partial charge in [-0.1, -0.05) is 30.8 Å². The Bertz CT molecular complexity index is 1090. The van der Waals surface area contributed by atoms with Crippen molar-refractivity contribution in [1.29, 1.82) is 0 Å². The number of rotatable bonds is 11. The van der Waals surface area contributed by atoms with Crippen LogP contribution < -0.4 is 10.6 Å². The third kappa shape index (κ3) is 5.54. The highest BCUT2D eigenvalue weighted by atomic mass is 32.2. The summed E-state index contributed by atoms with van der Waals surface area (Å²) in [7, 11) is 2.93. The lowest BCUT2D eigenvalue weighted by atomic mass is 10.1. The third-order valence-corrected chi connectivity index (χ3v) is 5.26. The lowest BCUT2D eigenvalue weighted by molar-refractivity contribution is 0.0596. The van der Waals surface area contributed by atoms with E-state index in [-0.39, 0.29) is 17.0 Å². The molecule has 3 aromatic rings. The molecule has 0 spiro atoms. The maximum atomic E-state index is 12.6. The number of methoxy groups -OCH3 is 2. The van der Waals surface area contributed by atoms with Crippen molar-refractivity contribution in [1.82, 2.24) is 25.1 Å². The highest BCUT2D eigenvalue weighted by Crippen LogP contribution is 2.24. The highest BCUT2D eigenvalue weighted by molar-refractivity contribution is 7.99. The summed E-state index contributed by atoms with van der Waals surface area (Å²) < 4.78 is 11.6. The first kappa shape index (κ1) is 23.5. The number of anilines is 1. The smallest absolute Gasteiger partial charge is 0.338 e. The van der Waals surface area contributed by atoms with E-state index in [1.165, 1.54) is 18.9 Å². The van der Waals surface area contributed by atoms with E-state index in [4.69, 9.17) is 9.47 Å². The minimum atomic E-state index is -0.556. The molecule has 0 fully saturated rings. The largest absolute Gasteiger partial charge is 0.465 e. The number of carbonyl (C=O) groups is 2. The van der Waals surface area contributed by atoms with Crippen LogP contribution in [0.15, 0.2) is 35.6 Å². The number of aromatic nitrogens is 4. The summed E-state index contributed by atoms with van der Waals surface area (Å²) in [5.74, 6) is 0.624. The van der Waals surface area contributed by atoms with Crippen LogP contribution in [0.2, 0.25) is 0 Å². The molecule has 0 aliphatic carbocycles. The molecule has 0 bridgehead atoms. The molecule has 0 unspecified atom stereocenters. The van der Waals surface area contributed by atoms with Gasteiger partial charge in [0, 0.05) is 20.2 Å². The van der Waals surface area contributed by atoms with E-state index < -0.39 is 5.97 Å². The Morgan fingerprint density at radius 1 is 1.12 bits per heavy atom. The zero-order valence-electron chi connectivity index (χ0n) is 18.3. The fourth-order valence-corrected chi connectivity index (χ4v) is 3.60.